The lowest BCUT2D eigenvalue weighted by molar-refractivity contribution is -0.140. The molecule has 1 N–H and O–H groups in total. The summed E-state index contributed by atoms with van der Waals surface area (Å²) < 4.78 is 11.1. The topological polar surface area (TPSA) is 76.1 Å². The highest BCUT2D eigenvalue weighted by atomic mass is 35.5. The van der Waals surface area contributed by atoms with Gasteiger partial charge in [-0.25, -0.2) is 0 Å². The van der Waals surface area contributed by atoms with Crippen LogP contribution < -0.4 is 4.74 Å². The number of aryl methyl sites for hydroxylation is 1. The Kier molecular flexibility index (Phi) is 7.99. The van der Waals surface area contributed by atoms with E-state index in [1.165, 1.54) is 24.1 Å². The van der Waals surface area contributed by atoms with E-state index in [9.17, 15) is 14.7 Å². The maximum atomic E-state index is 13.1. The summed E-state index contributed by atoms with van der Waals surface area (Å²) in [5.41, 5.74) is 3.13. The number of carbonyl (C=O) groups excluding carboxylic acids is 2. The number of carbonyl (C=O) groups is 2. The first kappa shape index (κ1) is 25.8. The van der Waals surface area contributed by atoms with Crippen LogP contribution in [0.5, 0.6) is 5.75 Å². The fraction of sp³-hybridized carbons (Fsp3) is 0.214. The summed E-state index contributed by atoms with van der Waals surface area (Å²) >= 11 is 12.1. The van der Waals surface area contributed by atoms with E-state index in [1.54, 1.807) is 30.3 Å². The third-order valence-electron chi connectivity index (χ3n) is 6.12. The van der Waals surface area contributed by atoms with Crippen LogP contribution in [0.4, 0.5) is 0 Å². The molecule has 3 aromatic rings. The second kappa shape index (κ2) is 11.2. The number of amides is 1. The molecule has 1 saturated heterocycles. The maximum Gasteiger partial charge on any atom is 0.295 e. The van der Waals surface area contributed by atoms with E-state index in [4.69, 9.17) is 32.7 Å². The van der Waals surface area contributed by atoms with E-state index in [0.717, 1.165) is 11.1 Å². The van der Waals surface area contributed by atoms with Gasteiger partial charge >= 0.3 is 0 Å². The van der Waals surface area contributed by atoms with Crippen LogP contribution in [0.15, 0.2) is 72.3 Å². The Hall–Kier alpha value is -3.32. The van der Waals surface area contributed by atoms with Gasteiger partial charge in [-0.05, 0) is 53.9 Å². The van der Waals surface area contributed by atoms with Crippen molar-refractivity contribution in [2.24, 2.45) is 0 Å². The molecule has 4 rings (SSSR count). The first-order valence-corrected chi connectivity index (χ1v) is 12.1. The van der Waals surface area contributed by atoms with Crippen molar-refractivity contribution >= 4 is 40.7 Å². The molecule has 6 nitrogen and oxygen atoms in total. The Morgan fingerprint density at radius 1 is 1.00 bits per heavy atom. The van der Waals surface area contributed by atoms with Crippen molar-refractivity contribution in [3.63, 3.8) is 0 Å². The molecular weight excluding hydrogens is 501 g/mol. The number of halogens is 2. The third-order valence-corrected chi connectivity index (χ3v) is 6.86. The molecule has 0 aliphatic carbocycles. The van der Waals surface area contributed by atoms with Gasteiger partial charge in [0.05, 0.1) is 28.3 Å². The molecule has 1 fully saturated rings. The molecule has 1 aliphatic rings. The van der Waals surface area contributed by atoms with Crippen LogP contribution >= 0.6 is 23.2 Å². The van der Waals surface area contributed by atoms with Gasteiger partial charge in [0.15, 0.2) is 0 Å². The van der Waals surface area contributed by atoms with Crippen molar-refractivity contribution in [1.82, 2.24) is 4.90 Å². The number of methoxy groups -OCH3 is 1. The van der Waals surface area contributed by atoms with Gasteiger partial charge in [-0.3, -0.25) is 9.59 Å². The van der Waals surface area contributed by atoms with Crippen molar-refractivity contribution in [1.29, 1.82) is 0 Å². The molecule has 1 heterocycles. The normalized spacial score (nSPS) is 17.0. The van der Waals surface area contributed by atoms with Gasteiger partial charge in [-0.2, -0.15) is 0 Å². The minimum atomic E-state index is -0.806. The van der Waals surface area contributed by atoms with E-state index in [2.05, 4.69) is 0 Å². The van der Waals surface area contributed by atoms with Gasteiger partial charge in [0.2, 0.25) is 0 Å². The highest BCUT2D eigenvalue weighted by molar-refractivity contribution is 6.46. The summed E-state index contributed by atoms with van der Waals surface area (Å²) in [4.78, 5) is 27.4. The maximum absolute atomic E-state index is 13.1. The second-order valence-electron chi connectivity index (χ2n) is 8.40. The predicted octanol–water partition coefficient (Wildman–Crippen LogP) is 5.95. The lowest BCUT2D eigenvalue weighted by Crippen LogP contribution is -2.32. The molecule has 1 unspecified atom stereocenters. The zero-order chi connectivity index (χ0) is 25.8. The molecule has 0 radical (unpaired) electrons. The molecule has 1 atom stereocenters. The lowest BCUT2D eigenvalue weighted by atomic mass is 9.95. The number of aliphatic hydroxyl groups excluding tert-OH is 1. The smallest absolute Gasteiger partial charge is 0.295 e. The minimum Gasteiger partial charge on any atom is -0.507 e. The SMILES string of the molecule is COCCN1C(=O)C(=O)/C(=C(\O)c2ccc(Cl)c(Cl)c2)C1c1ccc(OCc2ccccc2C)cc1. The van der Waals surface area contributed by atoms with Gasteiger partial charge in [-0.15, -0.1) is 0 Å². The Morgan fingerprint density at radius 3 is 2.39 bits per heavy atom. The van der Waals surface area contributed by atoms with Crippen molar-refractivity contribution in [3.8, 4) is 5.75 Å². The number of rotatable bonds is 8. The number of hydrogen-bond acceptors (Lipinski definition) is 5. The molecule has 1 aliphatic heterocycles. The summed E-state index contributed by atoms with van der Waals surface area (Å²) in [6, 6.07) is 18.8. The molecular formula is C28H25Cl2NO5. The highest BCUT2D eigenvalue weighted by Crippen LogP contribution is 2.40. The molecule has 0 spiro atoms. The van der Waals surface area contributed by atoms with E-state index in [-0.39, 0.29) is 35.1 Å². The molecule has 0 aromatic heterocycles. The Balaban J connectivity index is 1.68. The Bertz CT molecular complexity index is 1320. The quantitative estimate of drug-likeness (QED) is 0.223. The number of ketones is 1. The van der Waals surface area contributed by atoms with Gasteiger partial charge in [0, 0.05) is 19.2 Å². The fourth-order valence-corrected chi connectivity index (χ4v) is 4.42. The fourth-order valence-electron chi connectivity index (χ4n) is 4.13. The van der Waals surface area contributed by atoms with Crippen LogP contribution in [0.1, 0.15) is 28.3 Å². The summed E-state index contributed by atoms with van der Waals surface area (Å²) in [5.74, 6) is -1.17. The summed E-state index contributed by atoms with van der Waals surface area (Å²) in [6.07, 6.45) is 0. The van der Waals surface area contributed by atoms with E-state index in [0.29, 0.717) is 22.9 Å². The summed E-state index contributed by atoms with van der Waals surface area (Å²) in [7, 11) is 1.52. The van der Waals surface area contributed by atoms with Crippen LogP contribution in [-0.4, -0.2) is 42.0 Å². The zero-order valence-electron chi connectivity index (χ0n) is 19.8. The van der Waals surface area contributed by atoms with Crippen LogP contribution in [0.25, 0.3) is 5.76 Å². The molecule has 186 valence electrons. The number of benzene rings is 3. The van der Waals surface area contributed by atoms with E-state index in [1.807, 2.05) is 31.2 Å². The van der Waals surface area contributed by atoms with Crippen molar-refractivity contribution in [3.05, 3.63) is 105 Å². The van der Waals surface area contributed by atoms with Crippen molar-refractivity contribution < 1.29 is 24.2 Å². The molecule has 36 heavy (non-hydrogen) atoms. The second-order valence-corrected chi connectivity index (χ2v) is 9.21. The number of likely N-dealkylation sites (tertiary alicyclic amines) is 1. The zero-order valence-corrected chi connectivity index (χ0v) is 21.3. The number of hydrogen-bond donors (Lipinski definition) is 1. The Labute approximate surface area is 219 Å². The predicted molar refractivity (Wildman–Crippen MR) is 139 cm³/mol. The Morgan fingerprint density at radius 2 is 1.72 bits per heavy atom. The van der Waals surface area contributed by atoms with Crippen LogP contribution in [0.2, 0.25) is 10.0 Å². The van der Waals surface area contributed by atoms with Crippen molar-refractivity contribution in [2.75, 3.05) is 20.3 Å². The first-order chi connectivity index (χ1) is 17.3. The van der Waals surface area contributed by atoms with Crippen LogP contribution in [0.3, 0.4) is 0 Å². The largest absolute Gasteiger partial charge is 0.507 e. The van der Waals surface area contributed by atoms with Crippen LogP contribution in [-0.2, 0) is 20.9 Å². The average Bonchev–Trinajstić information content (AvgIpc) is 3.13. The standard InChI is InChI=1S/C28H25Cl2NO5/c1-17-5-3-4-6-20(17)16-36-21-10-7-18(8-11-21)25-24(27(33)28(34)31(25)13-14-35-2)26(32)19-9-12-22(29)23(30)15-19/h3-12,15,25,32H,13-14,16H2,1-2H3/b26-24-. The van der Waals surface area contributed by atoms with Gasteiger partial charge < -0.3 is 19.5 Å². The molecule has 8 heteroatoms. The minimum absolute atomic E-state index is 0.0249. The van der Waals surface area contributed by atoms with Crippen LogP contribution in [0, 0.1) is 6.92 Å². The first-order valence-electron chi connectivity index (χ1n) is 11.3. The average molecular weight is 526 g/mol. The third kappa shape index (κ3) is 5.26. The van der Waals surface area contributed by atoms with E-state index < -0.39 is 17.7 Å². The summed E-state index contributed by atoms with van der Waals surface area (Å²) in [6.45, 7) is 2.84. The molecule has 1 amide bonds. The number of Topliss-reactive ketones (excluding diaryl/α,β-unsaturated/α-hetero) is 1. The summed E-state index contributed by atoms with van der Waals surface area (Å²) in [5, 5.41) is 11.6. The number of nitrogens with zero attached hydrogens (tertiary/aromatic N) is 1. The number of ether oxygens (including phenoxy) is 2. The van der Waals surface area contributed by atoms with Gasteiger partial charge in [0.1, 0.15) is 18.1 Å². The van der Waals surface area contributed by atoms with Gasteiger partial charge in [0.25, 0.3) is 11.7 Å². The highest BCUT2D eigenvalue weighted by Gasteiger charge is 2.45. The van der Waals surface area contributed by atoms with Crippen molar-refractivity contribution in [2.45, 2.75) is 19.6 Å². The molecule has 0 bridgehead atoms. The molecule has 0 saturated carbocycles. The number of aliphatic hydroxyl groups is 1. The monoisotopic (exact) mass is 525 g/mol. The van der Waals surface area contributed by atoms with Gasteiger partial charge in [-0.1, -0.05) is 59.6 Å². The molecule has 3 aromatic carbocycles. The van der Waals surface area contributed by atoms with E-state index >= 15 is 0 Å². The lowest BCUT2D eigenvalue weighted by Gasteiger charge is -2.25.